The number of hydrogen-bond donors (Lipinski definition) is 4. The highest BCUT2D eigenvalue weighted by Gasteiger charge is 2.31. The number of carbonyl (C=O) groups is 3. The number of carboxylic acid groups (broad SMARTS) is 2. The molecule has 0 radical (unpaired) electrons. The molecule has 1 atom stereocenters. The van der Waals surface area contributed by atoms with E-state index in [9.17, 15) is 19.5 Å². The first-order chi connectivity index (χ1) is 14.8. The fraction of sp³-hybridized carbons (Fsp3) is 0.0952. The number of aryl methyl sites for hydroxylation is 1. The minimum absolute atomic E-state index is 0.0674. The number of carboxylic acids is 2. The van der Waals surface area contributed by atoms with Crippen LogP contribution in [0.4, 0.5) is 11.5 Å². The first kappa shape index (κ1) is 19.8. The van der Waals surface area contributed by atoms with E-state index in [1.165, 1.54) is 22.9 Å². The molecule has 0 saturated heterocycles. The number of fused-ring (bicyclic) bond motifs is 1. The average molecular weight is 419 g/mol. The number of allylic oxidation sites excluding steroid dienone is 1. The van der Waals surface area contributed by atoms with E-state index >= 15 is 0 Å². The lowest BCUT2D eigenvalue weighted by molar-refractivity contribution is -0.132. The van der Waals surface area contributed by atoms with Crippen LogP contribution in [0.5, 0.6) is 0 Å². The molecule has 0 unspecified atom stereocenters. The molecule has 0 fully saturated rings. The summed E-state index contributed by atoms with van der Waals surface area (Å²) in [5.41, 5.74) is 1.92. The minimum atomic E-state index is -1.22. The molecule has 3 aromatic rings. The van der Waals surface area contributed by atoms with Crippen molar-refractivity contribution in [3.63, 3.8) is 0 Å². The SMILES string of the molecule is Cc1ccccc1NC(=O)c1nnn2c1NC(C(=O)O)=C[C@@H]2c1ccc(C(=O)O)cc1. The summed E-state index contributed by atoms with van der Waals surface area (Å²) in [7, 11) is 0. The van der Waals surface area contributed by atoms with E-state index in [4.69, 9.17) is 5.11 Å². The molecular weight excluding hydrogens is 402 g/mol. The van der Waals surface area contributed by atoms with Gasteiger partial charge >= 0.3 is 11.9 Å². The number of nitrogens with zero attached hydrogens (tertiary/aromatic N) is 3. The van der Waals surface area contributed by atoms with E-state index in [0.29, 0.717) is 11.3 Å². The first-order valence-electron chi connectivity index (χ1n) is 9.22. The molecule has 0 bridgehead atoms. The molecule has 1 amide bonds. The maximum atomic E-state index is 12.8. The lowest BCUT2D eigenvalue weighted by Gasteiger charge is -2.23. The van der Waals surface area contributed by atoms with Gasteiger partial charge in [-0.05, 0) is 42.3 Å². The summed E-state index contributed by atoms with van der Waals surface area (Å²) in [5.74, 6) is -2.71. The summed E-state index contributed by atoms with van der Waals surface area (Å²) in [6, 6.07) is 12.5. The van der Waals surface area contributed by atoms with Crippen molar-refractivity contribution in [1.29, 1.82) is 0 Å². The van der Waals surface area contributed by atoms with Gasteiger partial charge in [0.1, 0.15) is 11.7 Å². The topological polar surface area (TPSA) is 146 Å². The Morgan fingerprint density at radius 3 is 2.39 bits per heavy atom. The van der Waals surface area contributed by atoms with Crippen molar-refractivity contribution in [2.24, 2.45) is 0 Å². The van der Waals surface area contributed by atoms with E-state index in [-0.39, 0.29) is 22.8 Å². The predicted molar refractivity (Wildman–Crippen MR) is 110 cm³/mol. The van der Waals surface area contributed by atoms with Crippen LogP contribution in [0.15, 0.2) is 60.3 Å². The molecule has 4 rings (SSSR count). The van der Waals surface area contributed by atoms with Crippen molar-refractivity contribution in [3.05, 3.63) is 82.7 Å². The van der Waals surface area contributed by atoms with Crippen molar-refractivity contribution >= 4 is 29.4 Å². The van der Waals surface area contributed by atoms with Crippen LogP contribution in [-0.4, -0.2) is 43.1 Å². The van der Waals surface area contributed by atoms with E-state index in [1.807, 2.05) is 19.1 Å². The minimum Gasteiger partial charge on any atom is -0.478 e. The standard InChI is InChI=1S/C21H17N5O5/c1-11-4-2-3-5-14(11)23-19(27)17-18-22-15(21(30)31)10-16(26(18)25-24-17)12-6-8-13(9-7-12)20(28)29/h2-10,16,22H,1H3,(H,23,27)(H,28,29)(H,30,31)/t16-/m1/s1. The number of amides is 1. The summed E-state index contributed by atoms with van der Waals surface area (Å²) in [6.07, 6.45) is 1.42. The monoisotopic (exact) mass is 419 g/mol. The summed E-state index contributed by atoms with van der Waals surface area (Å²) < 4.78 is 1.38. The first-order valence-corrected chi connectivity index (χ1v) is 9.22. The molecule has 0 saturated carbocycles. The fourth-order valence-electron chi connectivity index (χ4n) is 3.24. The summed E-state index contributed by atoms with van der Waals surface area (Å²) in [4.78, 5) is 35.6. The van der Waals surface area contributed by atoms with Crippen LogP contribution in [-0.2, 0) is 4.79 Å². The zero-order valence-electron chi connectivity index (χ0n) is 16.2. The largest absolute Gasteiger partial charge is 0.478 e. The van der Waals surface area contributed by atoms with Gasteiger partial charge in [-0.2, -0.15) is 0 Å². The summed E-state index contributed by atoms with van der Waals surface area (Å²) >= 11 is 0. The fourth-order valence-corrected chi connectivity index (χ4v) is 3.24. The lowest BCUT2D eigenvalue weighted by atomic mass is 10.0. The third-order valence-corrected chi connectivity index (χ3v) is 4.87. The Morgan fingerprint density at radius 1 is 1.03 bits per heavy atom. The number of para-hydroxylation sites is 1. The molecule has 4 N–H and O–H groups in total. The second kappa shape index (κ2) is 7.75. The van der Waals surface area contributed by atoms with Crippen LogP contribution in [0.2, 0.25) is 0 Å². The molecule has 1 aliphatic heterocycles. The lowest BCUT2D eigenvalue weighted by Crippen LogP contribution is -2.25. The normalized spacial score (nSPS) is 14.7. The van der Waals surface area contributed by atoms with Gasteiger partial charge in [0, 0.05) is 5.69 Å². The summed E-state index contributed by atoms with van der Waals surface area (Å²) in [6.45, 7) is 1.84. The average Bonchev–Trinajstić information content (AvgIpc) is 3.19. The molecule has 10 nitrogen and oxygen atoms in total. The number of nitrogens with one attached hydrogen (secondary N) is 2. The highest BCUT2D eigenvalue weighted by Crippen LogP contribution is 2.31. The van der Waals surface area contributed by atoms with Gasteiger partial charge < -0.3 is 20.8 Å². The van der Waals surface area contributed by atoms with Gasteiger partial charge in [-0.25, -0.2) is 14.3 Å². The zero-order valence-corrected chi connectivity index (χ0v) is 16.2. The zero-order chi connectivity index (χ0) is 22.1. The van der Waals surface area contributed by atoms with Gasteiger partial charge in [0.15, 0.2) is 11.5 Å². The predicted octanol–water partition coefficient (Wildman–Crippen LogP) is 2.52. The number of aliphatic carboxylic acids is 1. The van der Waals surface area contributed by atoms with Crippen LogP contribution >= 0.6 is 0 Å². The van der Waals surface area contributed by atoms with E-state index < -0.39 is 23.9 Å². The Balaban J connectivity index is 1.72. The Morgan fingerprint density at radius 2 is 1.74 bits per heavy atom. The van der Waals surface area contributed by atoms with Gasteiger partial charge in [0.25, 0.3) is 5.91 Å². The van der Waals surface area contributed by atoms with Crippen LogP contribution in [0.1, 0.15) is 38.0 Å². The summed E-state index contributed by atoms with van der Waals surface area (Å²) in [5, 5.41) is 32.1. The van der Waals surface area contributed by atoms with Crippen LogP contribution < -0.4 is 10.6 Å². The molecule has 2 heterocycles. The molecule has 156 valence electrons. The van der Waals surface area contributed by atoms with Gasteiger partial charge in [-0.15, -0.1) is 5.10 Å². The van der Waals surface area contributed by atoms with Gasteiger partial charge in [-0.1, -0.05) is 35.5 Å². The number of anilines is 2. The quantitative estimate of drug-likeness (QED) is 0.493. The van der Waals surface area contributed by atoms with E-state index in [1.54, 1.807) is 24.3 Å². The van der Waals surface area contributed by atoms with Crippen LogP contribution in [0, 0.1) is 6.92 Å². The smallest absolute Gasteiger partial charge is 0.352 e. The second-order valence-corrected chi connectivity index (χ2v) is 6.88. The maximum Gasteiger partial charge on any atom is 0.352 e. The number of rotatable bonds is 5. The number of aromatic carboxylic acids is 1. The second-order valence-electron chi connectivity index (χ2n) is 6.88. The number of carbonyl (C=O) groups excluding carboxylic acids is 1. The van der Waals surface area contributed by atoms with Crippen molar-refractivity contribution in [2.45, 2.75) is 13.0 Å². The molecule has 1 aliphatic rings. The molecule has 2 aromatic carbocycles. The van der Waals surface area contributed by atoms with Gasteiger partial charge in [0.2, 0.25) is 0 Å². The van der Waals surface area contributed by atoms with E-state index in [2.05, 4.69) is 20.9 Å². The molecular formula is C21H17N5O5. The Labute approximate surface area is 175 Å². The Bertz CT molecular complexity index is 1230. The Hall–Kier alpha value is -4.47. The van der Waals surface area contributed by atoms with Gasteiger partial charge in [0.05, 0.1) is 5.56 Å². The van der Waals surface area contributed by atoms with Crippen molar-refractivity contribution in [1.82, 2.24) is 15.0 Å². The number of hydrogen-bond acceptors (Lipinski definition) is 6. The van der Waals surface area contributed by atoms with Crippen molar-refractivity contribution in [3.8, 4) is 0 Å². The van der Waals surface area contributed by atoms with Crippen molar-refractivity contribution in [2.75, 3.05) is 10.6 Å². The molecule has 0 spiro atoms. The Kier molecular flexibility index (Phi) is 4.96. The molecule has 10 heteroatoms. The van der Waals surface area contributed by atoms with Crippen LogP contribution in [0.3, 0.4) is 0 Å². The highest BCUT2D eigenvalue weighted by atomic mass is 16.4. The van der Waals surface area contributed by atoms with Crippen molar-refractivity contribution < 1.29 is 24.6 Å². The maximum absolute atomic E-state index is 12.8. The number of aromatic nitrogens is 3. The van der Waals surface area contributed by atoms with Gasteiger partial charge in [-0.3, -0.25) is 4.79 Å². The van der Waals surface area contributed by atoms with Crippen LogP contribution in [0.25, 0.3) is 0 Å². The third-order valence-electron chi connectivity index (χ3n) is 4.87. The number of benzene rings is 2. The molecule has 0 aliphatic carbocycles. The molecule has 31 heavy (non-hydrogen) atoms. The highest BCUT2D eigenvalue weighted by molar-refractivity contribution is 6.07. The third kappa shape index (κ3) is 3.73. The van der Waals surface area contributed by atoms with E-state index in [0.717, 1.165) is 5.56 Å². The molecule has 1 aromatic heterocycles.